The van der Waals surface area contributed by atoms with Crippen LogP contribution in [0, 0.1) is 3.57 Å². The number of carbonyl (C=O) groups excluding carboxylic acids is 2. The number of nitrogens with zero attached hydrogens (tertiary/aromatic N) is 1. The molecule has 10 heteroatoms. The molecule has 0 radical (unpaired) electrons. The minimum Gasteiger partial charge on any atom is -0.490 e. The van der Waals surface area contributed by atoms with Gasteiger partial charge in [0.05, 0.1) is 38.7 Å². The van der Waals surface area contributed by atoms with Crippen LogP contribution in [-0.2, 0) is 9.59 Å². The summed E-state index contributed by atoms with van der Waals surface area (Å²) < 4.78 is 12.3. The van der Waals surface area contributed by atoms with E-state index in [1.54, 1.807) is 24.3 Å². The van der Waals surface area contributed by atoms with Crippen molar-refractivity contribution in [1.29, 1.82) is 0 Å². The Morgan fingerprint density at radius 3 is 2.65 bits per heavy atom. The largest absolute Gasteiger partial charge is 0.490 e. The molecule has 0 aliphatic carbocycles. The van der Waals surface area contributed by atoms with Gasteiger partial charge in [-0.05, 0) is 65.8 Å². The number of hydrogen-bond acceptors (Lipinski definition) is 5. The second-order valence-electron chi connectivity index (χ2n) is 6.23. The third-order valence-electron chi connectivity index (χ3n) is 3.73. The number of hydrazone groups is 1. The van der Waals surface area contributed by atoms with Crippen molar-refractivity contribution in [2.45, 2.75) is 26.7 Å². The lowest BCUT2D eigenvalue weighted by Crippen LogP contribution is -2.24. The van der Waals surface area contributed by atoms with E-state index in [0.29, 0.717) is 41.0 Å². The number of amides is 2. The molecule has 0 atom stereocenters. The van der Waals surface area contributed by atoms with Crippen LogP contribution in [0.3, 0.4) is 0 Å². The van der Waals surface area contributed by atoms with Crippen molar-refractivity contribution in [1.82, 2.24) is 5.43 Å². The van der Waals surface area contributed by atoms with Crippen molar-refractivity contribution in [2.24, 2.45) is 5.10 Å². The predicted octanol–water partition coefficient (Wildman–Crippen LogP) is 5.26. The van der Waals surface area contributed by atoms with Gasteiger partial charge in [-0.2, -0.15) is 5.10 Å². The molecule has 0 aliphatic rings. The monoisotopic (exact) mass is 577 g/mol. The van der Waals surface area contributed by atoms with E-state index in [9.17, 15) is 9.59 Å². The van der Waals surface area contributed by atoms with E-state index in [1.807, 2.05) is 19.9 Å². The third-order valence-corrected chi connectivity index (χ3v) is 5.35. The van der Waals surface area contributed by atoms with Gasteiger partial charge in [-0.15, -0.1) is 0 Å². The van der Waals surface area contributed by atoms with Gasteiger partial charge in [-0.25, -0.2) is 5.43 Å². The predicted molar refractivity (Wildman–Crippen MR) is 132 cm³/mol. The molecule has 2 aromatic carbocycles. The highest BCUT2D eigenvalue weighted by atomic mass is 127. The number of hydrogen-bond donors (Lipinski definition) is 2. The fourth-order valence-corrected chi connectivity index (χ4v) is 3.56. The fraction of sp³-hybridized carbons (Fsp3) is 0.286. The summed E-state index contributed by atoms with van der Waals surface area (Å²) in [6.45, 7) is 4.99. The molecule has 2 N–H and O–H groups in total. The highest BCUT2D eigenvalue weighted by Crippen LogP contribution is 2.34. The van der Waals surface area contributed by atoms with Crippen LogP contribution in [0.1, 0.15) is 32.3 Å². The van der Waals surface area contributed by atoms with E-state index >= 15 is 0 Å². The van der Waals surface area contributed by atoms with Crippen LogP contribution in [0.2, 0.25) is 10.0 Å². The number of ether oxygens (including phenoxy) is 2. The summed E-state index contributed by atoms with van der Waals surface area (Å²) in [6.07, 6.45) is 1.93. The highest BCUT2D eigenvalue weighted by Gasteiger charge is 2.13. The lowest BCUT2D eigenvalue weighted by molar-refractivity contribution is -0.126. The first kappa shape index (κ1) is 25.2. The van der Waals surface area contributed by atoms with Gasteiger partial charge >= 0.3 is 0 Å². The van der Waals surface area contributed by atoms with Crippen molar-refractivity contribution >= 4 is 69.5 Å². The van der Waals surface area contributed by atoms with Gasteiger partial charge < -0.3 is 14.8 Å². The Bertz CT molecular complexity index is 970. The minimum absolute atomic E-state index is 0.210. The Morgan fingerprint density at radius 2 is 1.94 bits per heavy atom. The molecule has 0 unspecified atom stereocenters. The van der Waals surface area contributed by atoms with Gasteiger partial charge in [0.15, 0.2) is 11.5 Å². The zero-order valence-electron chi connectivity index (χ0n) is 17.0. The van der Waals surface area contributed by atoms with Gasteiger partial charge in [-0.3, -0.25) is 9.59 Å². The van der Waals surface area contributed by atoms with Gasteiger partial charge in [0.2, 0.25) is 11.8 Å². The molecule has 0 bridgehead atoms. The van der Waals surface area contributed by atoms with Crippen LogP contribution >= 0.6 is 45.8 Å². The zero-order chi connectivity index (χ0) is 22.8. The zero-order valence-corrected chi connectivity index (χ0v) is 20.7. The Morgan fingerprint density at radius 1 is 1.16 bits per heavy atom. The second kappa shape index (κ2) is 12.7. The molecule has 0 spiro atoms. The van der Waals surface area contributed by atoms with Crippen LogP contribution in [0.15, 0.2) is 35.4 Å². The molecule has 0 aromatic heterocycles. The van der Waals surface area contributed by atoms with Crippen molar-refractivity contribution in [3.8, 4) is 11.5 Å². The molecule has 7 nitrogen and oxygen atoms in total. The van der Waals surface area contributed by atoms with Crippen LogP contribution in [-0.4, -0.2) is 31.2 Å². The lowest BCUT2D eigenvalue weighted by atomic mass is 10.2. The van der Waals surface area contributed by atoms with E-state index in [1.165, 1.54) is 6.21 Å². The molecule has 0 heterocycles. The summed E-state index contributed by atoms with van der Waals surface area (Å²) in [5.41, 5.74) is 3.38. The summed E-state index contributed by atoms with van der Waals surface area (Å²) in [6, 6.07) is 8.47. The average Bonchev–Trinajstić information content (AvgIpc) is 2.71. The normalized spacial score (nSPS) is 10.7. The fourth-order valence-electron chi connectivity index (χ4n) is 2.43. The third kappa shape index (κ3) is 7.86. The highest BCUT2D eigenvalue weighted by molar-refractivity contribution is 14.1. The van der Waals surface area contributed by atoms with Gasteiger partial charge in [0.1, 0.15) is 6.42 Å². The molecule has 166 valence electrons. The Balaban J connectivity index is 1.97. The van der Waals surface area contributed by atoms with E-state index in [2.05, 4.69) is 38.4 Å². The Kier molecular flexibility index (Phi) is 10.4. The summed E-state index contributed by atoms with van der Waals surface area (Å²) >= 11 is 14.1. The first-order chi connectivity index (χ1) is 14.8. The number of carbonyl (C=O) groups is 2. The molecule has 0 saturated carbocycles. The molecule has 0 aliphatic heterocycles. The van der Waals surface area contributed by atoms with E-state index in [0.717, 1.165) is 9.99 Å². The molecule has 2 rings (SSSR count). The summed E-state index contributed by atoms with van der Waals surface area (Å²) in [5, 5.41) is 6.97. The van der Waals surface area contributed by atoms with Crippen LogP contribution in [0.25, 0.3) is 0 Å². The molecule has 2 amide bonds. The molecule has 2 aromatic rings. The minimum atomic E-state index is -0.575. The van der Waals surface area contributed by atoms with Crippen molar-refractivity contribution in [2.75, 3.05) is 18.5 Å². The number of nitrogens with one attached hydrogen (secondary N) is 2. The first-order valence-electron chi connectivity index (χ1n) is 9.50. The van der Waals surface area contributed by atoms with Crippen LogP contribution in [0.4, 0.5) is 5.69 Å². The van der Waals surface area contributed by atoms with Crippen LogP contribution < -0.4 is 20.2 Å². The van der Waals surface area contributed by atoms with Gasteiger partial charge in [0, 0.05) is 0 Å². The van der Waals surface area contributed by atoms with E-state index in [4.69, 9.17) is 32.7 Å². The quantitative estimate of drug-likeness (QED) is 0.174. The van der Waals surface area contributed by atoms with Crippen molar-refractivity contribution < 1.29 is 19.1 Å². The van der Waals surface area contributed by atoms with Crippen molar-refractivity contribution in [3.05, 3.63) is 49.5 Å². The summed E-state index contributed by atoms with van der Waals surface area (Å²) in [5.74, 6) is 0.173. The Hall–Kier alpha value is -2.04. The molecular formula is C21H22Cl2IN3O4. The SMILES string of the molecule is CCCOc1c(I)cc(C=NNC(=O)CC(=O)Nc2cccc(Cl)c2Cl)cc1OCC. The van der Waals surface area contributed by atoms with Crippen LogP contribution in [0.5, 0.6) is 11.5 Å². The number of rotatable bonds is 10. The molecule has 0 fully saturated rings. The average molecular weight is 578 g/mol. The molecule has 0 saturated heterocycles. The number of halogens is 3. The topological polar surface area (TPSA) is 89.0 Å². The first-order valence-corrected chi connectivity index (χ1v) is 11.3. The molecule has 31 heavy (non-hydrogen) atoms. The smallest absolute Gasteiger partial charge is 0.249 e. The molecular weight excluding hydrogens is 556 g/mol. The second-order valence-corrected chi connectivity index (χ2v) is 8.18. The maximum Gasteiger partial charge on any atom is 0.249 e. The van der Waals surface area contributed by atoms with E-state index in [-0.39, 0.29) is 5.02 Å². The lowest BCUT2D eigenvalue weighted by Gasteiger charge is -2.14. The van der Waals surface area contributed by atoms with E-state index < -0.39 is 18.2 Å². The number of benzene rings is 2. The summed E-state index contributed by atoms with van der Waals surface area (Å²) in [7, 11) is 0. The van der Waals surface area contributed by atoms with Crippen molar-refractivity contribution in [3.63, 3.8) is 0 Å². The maximum absolute atomic E-state index is 12.0. The van der Waals surface area contributed by atoms with Gasteiger partial charge in [-0.1, -0.05) is 36.2 Å². The number of anilines is 1. The standard InChI is InChI=1S/C21H22Cl2IN3O4/c1-3-8-31-21-15(24)9-13(10-17(21)30-4-2)12-25-27-19(29)11-18(28)26-16-7-5-6-14(22)20(16)23/h5-7,9-10,12H,3-4,8,11H2,1-2H3,(H,26,28)(H,27,29). The van der Waals surface area contributed by atoms with Gasteiger partial charge in [0.25, 0.3) is 0 Å². The Labute approximate surface area is 204 Å². The maximum atomic E-state index is 12.0. The summed E-state index contributed by atoms with van der Waals surface area (Å²) in [4.78, 5) is 24.1.